The van der Waals surface area contributed by atoms with Gasteiger partial charge in [-0.3, -0.25) is 9.80 Å². The van der Waals surface area contributed by atoms with Gasteiger partial charge in [0.25, 0.3) is 0 Å². The van der Waals surface area contributed by atoms with E-state index in [0.29, 0.717) is 67.7 Å². The summed E-state index contributed by atoms with van der Waals surface area (Å²) in [5, 5.41) is 0.486. The number of amides is 1. The van der Waals surface area contributed by atoms with Crippen molar-refractivity contribution in [3.8, 4) is 16.9 Å². The molecule has 0 bridgehead atoms. The summed E-state index contributed by atoms with van der Waals surface area (Å²) in [6, 6.07) is 13.0. The molecule has 1 spiro atoms. The molecule has 2 fully saturated rings. The van der Waals surface area contributed by atoms with Crippen LogP contribution >= 0.6 is 11.6 Å². The fourth-order valence-corrected chi connectivity index (χ4v) is 5.49. The monoisotopic (exact) mass is 588 g/mol. The minimum absolute atomic E-state index is 0.00127. The van der Waals surface area contributed by atoms with E-state index in [4.69, 9.17) is 30.7 Å². The first kappa shape index (κ1) is 30.1. The third-order valence-corrected chi connectivity index (χ3v) is 7.62. The van der Waals surface area contributed by atoms with Crippen molar-refractivity contribution in [2.24, 2.45) is 0 Å². The Morgan fingerprint density at radius 2 is 1.71 bits per heavy atom. The summed E-state index contributed by atoms with van der Waals surface area (Å²) in [5.74, 6) is -3.28. The Morgan fingerprint density at radius 3 is 2.37 bits per heavy atom. The van der Waals surface area contributed by atoms with Crippen LogP contribution in [-0.4, -0.2) is 49.0 Å². The van der Waals surface area contributed by atoms with Crippen molar-refractivity contribution in [2.75, 3.05) is 31.1 Å². The van der Waals surface area contributed by atoms with Crippen molar-refractivity contribution in [2.45, 2.75) is 38.8 Å². The molecule has 2 aliphatic rings. The van der Waals surface area contributed by atoms with Gasteiger partial charge in [-0.2, -0.15) is 9.59 Å². The predicted octanol–water partition coefficient (Wildman–Crippen LogP) is 6.54. The van der Waals surface area contributed by atoms with Crippen LogP contribution in [0.2, 0.25) is 5.02 Å². The highest BCUT2D eigenvalue weighted by molar-refractivity contribution is 6.33. The van der Waals surface area contributed by atoms with E-state index in [1.165, 1.54) is 6.07 Å². The highest BCUT2D eigenvalue weighted by Gasteiger charge is 2.47. The number of likely N-dealkylation sites (tertiary alicyclic amines) is 1. The fourth-order valence-electron chi connectivity index (χ4n) is 5.26. The van der Waals surface area contributed by atoms with Gasteiger partial charge >= 0.3 is 12.2 Å². The number of anilines is 1. The number of hydrogen-bond acceptors (Lipinski definition) is 6. The van der Waals surface area contributed by atoms with Gasteiger partial charge in [0.05, 0.1) is 23.9 Å². The number of carbonyl (C=O) groups is 1. The lowest BCUT2D eigenvalue weighted by Crippen LogP contribution is -2.46. The quantitative estimate of drug-likeness (QED) is 0.304. The van der Waals surface area contributed by atoms with E-state index in [-0.39, 0.29) is 11.7 Å². The second kappa shape index (κ2) is 12.8. The molecule has 5 rings (SSSR count). The molecular formula is C30H28ClF3N2O5. The van der Waals surface area contributed by atoms with Crippen molar-refractivity contribution < 1.29 is 37.0 Å². The van der Waals surface area contributed by atoms with Crippen molar-refractivity contribution in [3.63, 3.8) is 0 Å². The van der Waals surface area contributed by atoms with Crippen LogP contribution in [0.25, 0.3) is 11.1 Å². The van der Waals surface area contributed by atoms with Gasteiger partial charge in [0.2, 0.25) is 0 Å². The van der Waals surface area contributed by atoms with Crippen LogP contribution in [0.15, 0.2) is 48.5 Å². The standard InChI is InChI=1S/C29H28ClF3N2O3.CO2/c1-3-37-25-15-19(21(14-18(25)2)20-8-9-23(31)27(33)26(20)32)16-34-12-10-29(11-13-34)17-35(28(36)38-29)24-7-5-4-6-22(24)30;2-1-3/h4-9,14-15H,3,10-13,16-17H2,1-2H3;. The van der Waals surface area contributed by atoms with Crippen LogP contribution in [0.3, 0.4) is 0 Å². The van der Waals surface area contributed by atoms with E-state index in [1.54, 1.807) is 23.1 Å². The van der Waals surface area contributed by atoms with E-state index in [0.717, 1.165) is 17.2 Å². The van der Waals surface area contributed by atoms with Crippen LogP contribution in [0.5, 0.6) is 5.75 Å². The molecule has 0 N–H and O–H groups in total. The maximum absolute atomic E-state index is 14.8. The summed E-state index contributed by atoms with van der Waals surface area (Å²) in [7, 11) is 0. The van der Waals surface area contributed by atoms with Crippen LogP contribution in [-0.2, 0) is 20.9 Å². The van der Waals surface area contributed by atoms with Crippen molar-refractivity contribution in [1.82, 2.24) is 4.90 Å². The van der Waals surface area contributed by atoms with Crippen molar-refractivity contribution in [1.29, 1.82) is 0 Å². The van der Waals surface area contributed by atoms with Crippen molar-refractivity contribution in [3.05, 3.63) is 82.1 Å². The minimum Gasteiger partial charge on any atom is -0.494 e. The van der Waals surface area contributed by atoms with Gasteiger partial charge in [0.1, 0.15) is 11.4 Å². The molecule has 2 aliphatic heterocycles. The first-order chi connectivity index (χ1) is 19.6. The molecule has 0 saturated carbocycles. The molecule has 11 heteroatoms. The second-order valence-electron chi connectivity index (χ2n) is 9.88. The van der Waals surface area contributed by atoms with E-state index >= 15 is 0 Å². The molecule has 1 amide bonds. The Labute approximate surface area is 240 Å². The molecule has 7 nitrogen and oxygen atoms in total. The minimum atomic E-state index is -1.49. The number of rotatable bonds is 6. The summed E-state index contributed by atoms with van der Waals surface area (Å²) >= 11 is 6.31. The van der Waals surface area contributed by atoms with Crippen LogP contribution in [0.1, 0.15) is 30.9 Å². The average Bonchev–Trinajstić information content (AvgIpc) is 3.26. The maximum Gasteiger partial charge on any atom is 0.415 e. The van der Waals surface area contributed by atoms with Gasteiger partial charge in [-0.1, -0.05) is 23.7 Å². The average molecular weight is 589 g/mol. The highest BCUT2D eigenvalue weighted by atomic mass is 35.5. The molecule has 2 heterocycles. The summed E-state index contributed by atoms with van der Waals surface area (Å²) in [6.07, 6.45) is 1.06. The summed E-state index contributed by atoms with van der Waals surface area (Å²) in [6.45, 7) is 6.27. The number of para-hydroxylation sites is 1. The number of hydrogen-bond donors (Lipinski definition) is 0. The van der Waals surface area contributed by atoms with E-state index in [9.17, 15) is 18.0 Å². The Kier molecular flexibility index (Phi) is 9.38. The number of aryl methyl sites for hydroxylation is 1. The number of halogens is 4. The lowest BCUT2D eigenvalue weighted by molar-refractivity contribution is -0.191. The topological polar surface area (TPSA) is 76.2 Å². The Hall–Kier alpha value is -3.85. The molecule has 0 aromatic heterocycles. The third kappa shape index (κ3) is 6.40. The summed E-state index contributed by atoms with van der Waals surface area (Å²) in [5.41, 5.74) is 2.00. The molecule has 3 aromatic rings. The van der Waals surface area contributed by atoms with Gasteiger partial charge in [0, 0.05) is 38.0 Å². The van der Waals surface area contributed by atoms with Crippen LogP contribution in [0, 0.1) is 24.4 Å². The molecule has 0 aliphatic carbocycles. The van der Waals surface area contributed by atoms with Crippen molar-refractivity contribution >= 4 is 29.5 Å². The summed E-state index contributed by atoms with van der Waals surface area (Å²) < 4.78 is 54.2. The second-order valence-corrected chi connectivity index (χ2v) is 10.3. The van der Waals surface area contributed by atoms with Gasteiger partial charge in [0.15, 0.2) is 17.5 Å². The largest absolute Gasteiger partial charge is 0.494 e. The first-order valence-electron chi connectivity index (χ1n) is 13.0. The molecule has 41 heavy (non-hydrogen) atoms. The molecule has 0 radical (unpaired) electrons. The zero-order valence-corrected chi connectivity index (χ0v) is 23.3. The van der Waals surface area contributed by atoms with Crippen LogP contribution < -0.4 is 9.64 Å². The lowest BCUT2D eigenvalue weighted by atomic mass is 9.90. The van der Waals surface area contributed by atoms with Gasteiger partial charge in [-0.15, -0.1) is 0 Å². The molecule has 0 unspecified atom stereocenters. The fraction of sp³-hybridized carbons (Fsp3) is 0.333. The zero-order valence-electron chi connectivity index (χ0n) is 22.5. The number of benzene rings is 3. The number of nitrogens with zero attached hydrogens (tertiary/aromatic N) is 2. The highest BCUT2D eigenvalue weighted by Crippen LogP contribution is 2.39. The lowest BCUT2D eigenvalue weighted by Gasteiger charge is -2.37. The molecule has 0 atom stereocenters. The molecule has 3 aromatic carbocycles. The number of piperidine rings is 1. The van der Waals surface area contributed by atoms with Crippen LogP contribution in [0.4, 0.5) is 23.7 Å². The van der Waals surface area contributed by atoms with E-state index in [1.807, 2.05) is 32.0 Å². The van der Waals surface area contributed by atoms with Gasteiger partial charge < -0.3 is 9.47 Å². The molecule has 2 saturated heterocycles. The van der Waals surface area contributed by atoms with Gasteiger partial charge in [-0.05, 0) is 66.9 Å². The smallest absolute Gasteiger partial charge is 0.415 e. The molecular weight excluding hydrogens is 561 g/mol. The van der Waals surface area contributed by atoms with Gasteiger partial charge in [-0.25, -0.2) is 18.0 Å². The summed E-state index contributed by atoms with van der Waals surface area (Å²) in [4.78, 5) is 32.7. The Balaban J connectivity index is 0.00000124. The van der Waals surface area contributed by atoms with E-state index < -0.39 is 29.1 Å². The number of carbonyl (C=O) groups excluding carboxylic acids is 3. The zero-order chi connectivity index (χ0) is 29.7. The predicted molar refractivity (Wildman–Crippen MR) is 145 cm³/mol. The maximum atomic E-state index is 14.8. The number of ether oxygens (including phenoxy) is 2. The molecule has 216 valence electrons. The Bertz CT molecular complexity index is 1470. The SMILES string of the molecule is CCOc1cc(CN2CCC3(CC2)CN(c2ccccc2Cl)C(=O)O3)c(-c2ccc(F)c(F)c2F)cc1C.O=C=O. The normalized spacial score (nSPS) is 16.1. The Morgan fingerprint density at radius 1 is 1.02 bits per heavy atom. The first-order valence-corrected chi connectivity index (χ1v) is 13.4. The third-order valence-electron chi connectivity index (χ3n) is 7.30. The van der Waals surface area contributed by atoms with E-state index in [2.05, 4.69) is 4.90 Å².